The number of aryl methyl sites for hydroxylation is 1. The highest BCUT2D eigenvalue weighted by atomic mass is 16.5. The Bertz CT molecular complexity index is 729. The maximum absolute atomic E-state index is 11.7. The molecule has 2 aromatic carbocycles. The van der Waals surface area contributed by atoms with Crippen LogP contribution in [0, 0.1) is 0 Å². The third-order valence-electron chi connectivity index (χ3n) is 3.90. The number of carbonyl (C=O) groups excluding carboxylic acids is 1. The number of allylic oxidation sites excluding steroid dienone is 1. The Morgan fingerprint density at radius 3 is 2.86 bits per heavy atom. The normalized spacial score (nSPS) is 15.2. The van der Waals surface area contributed by atoms with Crippen LogP contribution >= 0.6 is 0 Å². The Morgan fingerprint density at radius 2 is 2.10 bits per heavy atom. The Balaban J connectivity index is 2.18. The van der Waals surface area contributed by atoms with Crippen LogP contribution in [0.2, 0.25) is 0 Å². The summed E-state index contributed by atoms with van der Waals surface area (Å²) in [6, 6.07) is 10.3. The molecule has 0 saturated heterocycles. The highest BCUT2D eigenvalue weighted by Gasteiger charge is 2.20. The number of hydrogen-bond donors (Lipinski definition) is 0. The Kier molecular flexibility index (Phi) is 3.65. The summed E-state index contributed by atoms with van der Waals surface area (Å²) in [6.45, 7) is 2.22. The number of hydrogen-bond acceptors (Lipinski definition) is 3. The predicted molar refractivity (Wildman–Crippen MR) is 83.4 cm³/mol. The molecule has 3 nitrogen and oxygen atoms in total. The summed E-state index contributed by atoms with van der Waals surface area (Å²) in [6.07, 6.45) is 3.33. The van der Waals surface area contributed by atoms with Crippen LogP contribution in [0.4, 0.5) is 0 Å². The molecule has 0 atom stereocenters. The molecule has 2 aromatic rings. The molecule has 21 heavy (non-hydrogen) atoms. The molecule has 0 spiro atoms. The minimum atomic E-state index is -0.268. The molecule has 0 aliphatic heterocycles. The van der Waals surface area contributed by atoms with Gasteiger partial charge in [0.05, 0.1) is 13.7 Å². The van der Waals surface area contributed by atoms with Gasteiger partial charge in [-0.25, -0.2) is 4.79 Å². The molecule has 0 amide bonds. The van der Waals surface area contributed by atoms with E-state index in [2.05, 4.69) is 18.2 Å². The van der Waals surface area contributed by atoms with Gasteiger partial charge in [-0.3, -0.25) is 0 Å². The van der Waals surface area contributed by atoms with Crippen LogP contribution in [0.25, 0.3) is 16.3 Å². The van der Waals surface area contributed by atoms with Crippen LogP contribution in [0.5, 0.6) is 5.75 Å². The number of esters is 1. The summed E-state index contributed by atoms with van der Waals surface area (Å²) in [5.74, 6) is 0.654. The van der Waals surface area contributed by atoms with E-state index in [4.69, 9.17) is 9.47 Å². The maximum atomic E-state index is 11.7. The van der Waals surface area contributed by atoms with Crippen LogP contribution in [0.3, 0.4) is 0 Å². The quantitative estimate of drug-likeness (QED) is 0.635. The highest BCUT2D eigenvalue weighted by molar-refractivity contribution is 6.03. The second kappa shape index (κ2) is 5.60. The number of ether oxygens (including phenoxy) is 2. The van der Waals surface area contributed by atoms with E-state index >= 15 is 0 Å². The fraction of sp³-hybridized carbons (Fsp3) is 0.278. The van der Waals surface area contributed by atoms with Crippen LogP contribution in [-0.4, -0.2) is 19.7 Å². The van der Waals surface area contributed by atoms with Crippen molar-refractivity contribution in [3.63, 3.8) is 0 Å². The molecule has 1 aliphatic carbocycles. The number of rotatable bonds is 3. The molecule has 0 fully saturated rings. The Morgan fingerprint density at radius 1 is 1.24 bits per heavy atom. The first-order valence-corrected chi connectivity index (χ1v) is 7.21. The largest absolute Gasteiger partial charge is 0.496 e. The molecule has 0 saturated carbocycles. The smallest absolute Gasteiger partial charge is 0.331 e. The van der Waals surface area contributed by atoms with Crippen molar-refractivity contribution in [1.82, 2.24) is 0 Å². The van der Waals surface area contributed by atoms with Crippen LogP contribution in [0.1, 0.15) is 24.5 Å². The number of methoxy groups -OCH3 is 1. The van der Waals surface area contributed by atoms with E-state index in [0.29, 0.717) is 6.61 Å². The first kappa shape index (κ1) is 13.7. The molecule has 0 heterocycles. The topological polar surface area (TPSA) is 35.5 Å². The van der Waals surface area contributed by atoms with Crippen molar-refractivity contribution < 1.29 is 14.3 Å². The van der Waals surface area contributed by atoms with Gasteiger partial charge in [-0.2, -0.15) is 0 Å². The fourth-order valence-corrected chi connectivity index (χ4v) is 3.01. The molecule has 1 aliphatic rings. The molecular weight excluding hydrogens is 264 g/mol. The maximum Gasteiger partial charge on any atom is 0.331 e. The first-order chi connectivity index (χ1) is 10.2. The van der Waals surface area contributed by atoms with Gasteiger partial charge in [-0.05, 0) is 47.7 Å². The third-order valence-corrected chi connectivity index (χ3v) is 3.90. The SMILES string of the molecule is CCOC(=O)C=C1CCc2c(OC)ccc3cccc1c23. The summed E-state index contributed by atoms with van der Waals surface area (Å²) in [7, 11) is 1.70. The second-order valence-electron chi connectivity index (χ2n) is 5.07. The average molecular weight is 282 g/mol. The predicted octanol–water partition coefficient (Wildman–Crippen LogP) is 3.74. The monoisotopic (exact) mass is 282 g/mol. The van der Waals surface area contributed by atoms with E-state index in [-0.39, 0.29) is 5.97 Å². The number of carbonyl (C=O) groups is 1. The summed E-state index contributed by atoms with van der Waals surface area (Å²) >= 11 is 0. The standard InChI is InChI=1S/C18H18O3/c1-3-21-17(19)11-13-7-9-15-16(20-2)10-8-12-5-4-6-14(13)18(12)15/h4-6,8,10-11H,3,7,9H2,1-2H3. The minimum absolute atomic E-state index is 0.268. The molecule has 0 radical (unpaired) electrons. The van der Waals surface area contributed by atoms with Gasteiger partial charge in [0.1, 0.15) is 5.75 Å². The molecule has 0 aromatic heterocycles. The van der Waals surface area contributed by atoms with Gasteiger partial charge in [-0.15, -0.1) is 0 Å². The Labute approximate surface area is 124 Å². The van der Waals surface area contributed by atoms with Gasteiger partial charge in [0, 0.05) is 11.6 Å². The van der Waals surface area contributed by atoms with E-state index < -0.39 is 0 Å². The zero-order chi connectivity index (χ0) is 14.8. The summed E-state index contributed by atoms with van der Waals surface area (Å²) in [5, 5.41) is 2.37. The van der Waals surface area contributed by atoms with E-state index in [1.54, 1.807) is 13.2 Å². The van der Waals surface area contributed by atoms with Crippen LogP contribution in [0.15, 0.2) is 36.4 Å². The van der Waals surface area contributed by atoms with E-state index in [0.717, 1.165) is 29.7 Å². The summed E-state index contributed by atoms with van der Waals surface area (Å²) in [4.78, 5) is 11.7. The van der Waals surface area contributed by atoms with Crippen molar-refractivity contribution >= 4 is 22.3 Å². The lowest BCUT2D eigenvalue weighted by Gasteiger charge is -2.22. The fourth-order valence-electron chi connectivity index (χ4n) is 3.01. The van der Waals surface area contributed by atoms with Crippen LogP contribution in [-0.2, 0) is 16.0 Å². The lowest BCUT2D eigenvalue weighted by atomic mass is 9.84. The molecule has 0 unspecified atom stereocenters. The minimum Gasteiger partial charge on any atom is -0.496 e. The van der Waals surface area contributed by atoms with Crippen molar-refractivity contribution in [2.75, 3.05) is 13.7 Å². The van der Waals surface area contributed by atoms with Gasteiger partial charge in [0.25, 0.3) is 0 Å². The average Bonchev–Trinajstić information content (AvgIpc) is 2.50. The van der Waals surface area contributed by atoms with Gasteiger partial charge < -0.3 is 9.47 Å². The Hall–Kier alpha value is -2.29. The lowest BCUT2D eigenvalue weighted by Crippen LogP contribution is -2.06. The molecule has 108 valence electrons. The first-order valence-electron chi connectivity index (χ1n) is 7.21. The third kappa shape index (κ3) is 2.40. The molecule has 0 N–H and O–H groups in total. The molecule has 3 rings (SSSR count). The lowest BCUT2D eigenvalue weighted by molar-refractivity contribution is -0.137. The number of benzene rings is 2. The zero-order valence-corrected chi connectivity index (χ0v) is 12.3. The van der Waals surface area contributed by atoms with Gasteiger partial charge in [-0.1, -0.05) is 24.3 Å². The second-order valence-corrected chi connectivity index (χ2v) is 5.07. The van der Waals surface area contributed by atoms with E-state index in [1.165, 1.54) is 16.3 Å². The molecular formula is C18H18O3. The molecule has 0 bridgehead atoms. The zero-order valence-electron chi connectivity index (χ0n) is 12.3. The van der Waals surface area contributed by atoms with Gasteiger partial charge >= 0.3 is 5.97 Å². The van der Waals surface area contributed by atoms with E-state index in [1.807, 2.05) is 19.1 Å². The summed E-state index contributed by atoms with van der Waals surface area (Å²) in [5.41, 5.74) is 3.38. The molecule has 3 heteroatoms. The van der Waals surface area contributed by atoms with E-state index in [9.17, 15) is 4.79 Å². The van der Waals surface area contributed by atoms with Crippen molar-refractivity contribution in [2.45, 2.75) is 19.8 Å². The van der Waals surface area contributed by atoms with Gasteiger partial charge in [0.15, 0.2) is 0 Å². The van der Waals surface area contributed by atoms with Crippen LogP contribution < -0.4 is 4.74 Å². The van der Waals surface area contributed by atoms with Gasteiger partial charge in [0.2, 0.25) is 0 Å². The van der Waals surface area contributed by atoms with Crippen molar-refractivity contribution in [2.24, 2.45) is 0 Å². The van der Waals surface area contributed by atoms with Crippen molar-refractivity contribution in [3.8, 4) is 5.75 Å². The van der Waals surface area contributed by atoms with Crippen molar-refractivity contribution in [1.29, 1.82) is 0 Å². The highest BCUT2D eigenvalue weighted by Crippen LogP contribution is 2.40. The van der Waals surface area contributed by atoms with Crippen molar-refractivity contribution in [3.05, 3.63) is 47.5 Å². The summed E-state index contributed by atoms with van der Waals surface area (Å²) < 4.78 is 10.5.